The SMILES string of the molecule is Cc1ccc(-n2c(C)cc(C3C(c4ccccn4)NC(=S)N3CCCN(C)C)c2C)cc1. The number of nitrogens with one attached hydrogen (secondary N) is 1. The molecule has 168 valence electrons. The summed E-state index contributed by atoms with van der Waals surface area (Å²) in [6.45, 7) is 8.47. The molecule has 2 aromatic heterocycles. The smallest absolute Gasteiger partial charge is 0.170 e. The monoisotopic (exact) mass is 447 g/mol. The number of hydrogen-bond acceptors (Lipinski definition) is 3. The summed E-state index contributed by atoms with van der Waals surface area (Å²) in [5.74, 6) is 0. The molecule has 6 heteroatoms. The highest BCUT2D eigenvalue weighted by Gasteiger charge is 2.41. The first-order chi connectivity index (χ1) is 15.4. The van der Waals surface area contributed by atoms with Crippen LogP contribution in [0.1, 0.15) is 46.7 Å². The van der Waals surface area contributed by atoms with E-state index < -0.39 is 0 Å². The molecule has 1 aliphatic heterocycles. The average molecular weight is 448 g/mol. The molecule has 1 aliphatic rings. The van der Waals surface area contributed by atoms with E-state index in [4.69, 9.17) is 12.2 Å². The maximum absolute atomic E-state index is 5.83. The third-order valence-corrected chi connectivity index (χ3v) is 6.64. The molecule has 4 rings (SSSR count). The molecule has 2 atom stereocenters. The lowest BCUT2D eigenvalue weighted by Gasteiger charge is -2.28. The van der Waals surface area contributed by atoms with Gasteiger partial charge in [0.05, 0.1) is 17.8 Å². The van der Waals surface area contributed by atoms with Crippen LogP contribution in [0, 0.1) is 20.8 Å². The van der Waals surface area contributed by atoms with Crippen molar-refractivity contribution in [1.29, 1.82) is 0 Å². The van der Waals surface area contributed by atoms with Gasteiger partial charge < -0.3 is 19.7 Å². The molecule has 0 amide bonds. The molecule has 32 heavy (non-hydrogen) atoms. The van der Waals surface area contributed by atoms with Crippen molar-refractivity contribution in [1.82, 2.24) is 24.7 Å². The van der Waals surface area contributed by atoms with E-state index >= 15 is 0 Å². The molecule has 1 fully saturated rings. The van der Waals surface area contributed by atoms with Gasteiger partial charge >= 0.3 is 0 Å². The van der Waals surface area contributed by atoms with Crippen LogP contribution in [0.2, 0.25) is 0 Å². The normalized spacial score (nSPS) is 18.4. The van der Waals surface area contributed by atoms with Gasteiger partial charge in [0.1, 0.15) is 0 Å². The summed E-state index contributed by atoms with van der Waals surface area (Å²) in [5, 5.41) is 4.39. The number of hydrogen-bond donors (Lipinski definition) is 1. The maximum atomic E-state index is 5.83. The van der Waals surface area contributed by atoms with Gasteiger partial charge in [0, 0.05) is 29.8 Å². The highest BCUT2D eigenvalue weighted by molar-refractivity contribution is 7.80. The Bertz CT molecular complexity index is 1070. The van der Waals surface area contributed by atoms with E-state index in [9.17, 15) is 0 Å². The minimum Gasteiger partial charge on any atom is -0.352 e. The van der Waals surface area contributed by atoms with Crippen LogP contribution in [0.3, 0.4) is 0 Å². The van der Waals surface area contributed by atoms with Crippen LogP contribution in [-0.4, -0.2) is 51.6 Å². The highest BCUT2D eigenvalue weighted by Crippen LogP contribution is 2.41. The van der Waals surface area contributed by atoms with Gasteiger partial charge in [0.15, 0.2) is 5.11 Å². The van der Waals surface area contributed by atoms with E-state index in [-0.39, 0.29) is 12.1 Å². The van der Waals surface area contributed by atoms with Gasteiger partial charge in [0.25, 0.3) is 0 Å². The van der Waals surface area contributed by atoms with Crippen molar-refractivity contribution >= 4 is 17.3 Å². The van der Waals surface area contributed by atoms with E-state index in [0.29, 0.717) is 0 Å². The first-order valence-corrected chi connectivity index (χ1v) is 11.7. The summed E-state index contributed by atoms with van der Waals surface area (Å²) in [7, 11) is 4.23. The molecule has 0 saturated carbocycles. The molecular formula is C26H33N5S. The van der Waals surface area contributed by atoms with Crippen LogP contribution in [0.4, 0.5) is 0 Å². The lowest BCUT2D eigenvalue weighted by atomic mass is 9.96. The average Bonchev–Trinajstić information content (AvgIpc) is 3.25. The fourth-order valence-corrected chi connectivity index (χ4v) is 5.05. The van der Waals surface area contributed by atoms with Crippen LogP contribution >= 0.6 is 12.2 Å². The first kappa shape index (κ1) is 22.5. The van der Waals surface area contributed by atoms with Crippen LogP contribution in [0.25, 0.3) is 5.69 Å². The zero-order valence-corrected chi connectivity index (χ0v) is 20.5. The Morgan fingerprint density at radius 2 is 1.81 bits per heavy atom. The molecule has 0 spiro atoms. The lowest BCUT2D eigenvalue weighted by molar-refractivity contribution is 0.292. The molecule has 3 heterocycles. The van der Waals surface area contributed by atoms with E-state index in [1.165, 1.54) is 28.2 Å². The first-order valence-electron chi connectivity index (χ1n) is 11.3. The molecule has 0 aliphatic carbocycles. The number of pyridine rings is 1. The van der Waals surface area contributed by atoms with Crippen molar-refractivity contribution in [2.75, 3.05) is 27.2 Å². The molecule has 2 unspecified atom stereocenters. The van der Waals surface area contributed by atoms with Crippen molar-refractivity contribution < 1.29 is 0 Å². The second-order valence-corrected chi connectivity index (χ2v) is 9.36. The fourth-order valence-electron chi connectivity index (χ4n) is 4.72. The number of nitrogens with zero attached hydrogens (tertiary/aromatic N) is 4. The van der Waals surface area contributed by atoms with Crippen LogP contribution in [-0.2, 0) is 0 Å². The molecule has 1 aromatic carbocycles. The van der Waals surface area contributed by atoms with Crippen LogP contribution in [0.5, 0.6) is 0 Å². The second-order valence-electron chi connectivity index (χ2n) is 8.97. The van der Waals surface area contributed by atoms with Gasteiger partial charge in [-0.05, 0) is 95.9 Å². The van der Waals surface area contributed by atoms with E-state index in [1.807, 2.05) is 12.3 Å². The molecule has 5 nitrogen and oxygen atoms in total. The summed E-state index contributed by atoms with van der Waals surface area (Å²) in [4.78, 5) is 9.26. The van der Waals surface area contributed by atoms with Crippen molar-refractivity contribution in [3.05, 3.63) is 82.9 Å². The Labute approximate surface area is 197 Å². The quantitative estimate of drug-likeness (QED) is 0.530. The highest BCUT2D eigenvalue weighted by atomic mass is 32.1. The Morgan fingerprint density at radius 1 is 1.06 bits per heavy atom. The van der Waals surface area contributed by atoms with E-state index in [2.05, 4.69) is 102 Å². The third kappa shape index (κ3) is 4.43. The number of aryl methyl sites for hydroxylation is 2. The number of rotatable bonds is 7. The molecular weight excluding hydrogens is 414 g/mol. The molecule has 1 saturated heterocycles. The Morgan fingerprint density at radius 3 is 2.47 bits per heavy atom. The van der Waals surface area contributed by atoms with Gasteiger partial charge in [-0.3, -0.25) is 4.98 Å². The minimum absolute atomic E-state index is 0.0232. The molecule has 0 radical (unpaired) electrons. The van der Waals surface area contributed by atoms with Crippen molar-refractivity contribution in [2.24, 2.45) is 0 Å². The van der Waals surface area contributed by atoms with Crippen molar-refractivity contribution in [2.45, 2.75) is 39.3 Å². The Kier molecular flexibility index (Phi) is 6.63. The Hall–Kier alpha value is -2.70. The van der Waals surface area contributed by atoms with Gasteiger partial charge in [-0.15, -0.1) is 0 Å². The standard InChI is InChI=1S/C26H33N5S/c1-18-10-12-21(13-11-18)31-19(2)17-22(20(31)3)25-24(23-9-6-7-14-27-23)28-26(32)30(25)16-8-15-29(4)5/h6-7,9-14,17,24-25H,8,15-16H2,1-5H3,(H,28,32). The van der Waals surface area contributed by atoms with Crippen molar-refractivity contribution in [3.8, 4) is 5.69 Å². The van der Waals surface area contributed by atoms with E-state index in [0.717, 1.165) is 30.3 Å². The van der Waals surface area contributed by atoms with Gasteiger partial charge in [-0.25, -0.2) is 0 Å². The zero-order chi connectivity index (χ0) is 22.8. The van der Waals surface area contributed by atoms with Crippen LogP contribution < -0.4 is 5.32 Å². The number of benzene rings is 1. The lowest BCUT2D eigenvalue weighted by Crippen LogP contribution is -2.32. The summed E-state index contributed by atoms with van der Waals surface area (Å²) in [6, 6.07) is 17.3. The Balaban J connectivity index is 1.76. The number of aromatic nitrogens is 2. The fraction of sp³-hybridized carbons (Fsp3) is 0.385. The topological polar surface area (TPSA) is 36.3 Å². The predicted octanol–water partition coefficient (Wildman–Crippen LogP) is 4.72. The summed E-state index contributed by atoms with van der Waals surface area (Å²) < 4.78 is 2.35. The van der Waals surface area contributed by atoms with E-state index in [1.54, 1.807) is 0 Å². The molecule has 1 N–H and O–H groups in total. The predicted molar refractivity (Wildman–Crippen MR) is 135 cm³/mol. The minimum atomic E-state index is 0.0232. The third-order valence-electron chi connectivity index (χ3n) is 6.28. The van der Waals surface area contributed by atoms with Gasteiger partial charge in [0.2, 0.25) is 0 Å². The summed E-state index contributed by atoms with van der Waals surface area (Å²) in [6.07, 6.45) is 2.92. The van der Waals surface area contributed by atoms with Crippen LogP contribution in [0.15, 0.2) is 54.7 Å². The largest absolute Gasteiger partial charge is 0.352 e. The maximum Gasteiger partial charge on any atom is 0.170 e. The summed E-state index contributed by atoms with van der Waals surface area (Å²) >= 11 is 5.83. The second kappa shape index (κ2) is 9.43. The van der Waals surface area contributed by atoms with Gasteiger partial charge in [-0.2, -0.15) is 0 Å². The van der Waals surface area contributed by atoms with Crippen molar-refractivity contribution in [3.63, 3.8) is 0 Å². The molecule has 3 aromatic rings. The van der Waals surface area contributed by atoms with Gasteiger partial charge in [-0.1, -0.05) is 23.8 Å². The zero-order valence-electron chi connectivity index (χ0n) is 19.7. The summed E-state index contributed by atoms with van der Waals surface area (Å²) in [5.41, 5.74) is 7.27. The molecule has 0 bridgehead atoms. The number of thiocarbonyl (C=S) groups is 1.